The van der Waals surface area contributed by atoms with Crippen LogP contribution in [0.1, 0.15) is 5.76 Å². The summed E-state index contributed by atoms with van der Waals surface area (Å²) >= 11 is 0. The first-order valence-corrected chi connectivity index (χ1v) is 4.08. The molecule has 0 aliphatic rings. The molecule has 2 rings (SSSR count). The molecule has 5 nitrogen and oxygen atoms in total. The minimum atomic E-state index is 0.469. The van der Waals surface area contributed by atoms with Gasteiger partial charge in [-0.1, -0.05) is 0 Å². The molecule has 0 saturated carbocycles. The van der Waals surface area contributed by atoms with Crippen LogP contribution >= 0.6 is 0 Å². The second kappa shape index (κ2) is 3.45. The van der Waals surface area contributed by atoms with Crippen LogP contribution in [0.4, 0.5) is 0 Å². The van der Waals surface area contributed by atoms with Gasteiger partial charge in [-0.2, -0.15) is 0 Å². The number of ether oxygens (including phenoxy) is 1. The van der Waals surface area contributed by atoms with Crippen LogP contribution in [0.2, 0.25) is 0 Å². The Morgan fingerprint density at radius 2 is 2.00 bits per heavy atom. The van der Waals surface area contributed by atoms with Gasteiger partial charge < -0.3 is 9.15 Å². The van der Waals surface area contributed by atoms with Crippen molar-refractivity contribution in [3.05, 3.63) is 24.4 Å². The van der Waals surface area contributed by atoms with Gasteiger partial charge in [-0.3, -0.25) is 0 Å². The zero-order chi connectivity index (χ0) is 9.97. The molecule has 0 atom stereocenters. The number of methoxy groups -OCH3 is 1. The number of nitrogens with zero attached hydrogens (tertiary/aromatic N) is 3. The summed E-state index contributed by atoms with van der Waals surface area (Å²) in [6, 6.07) is 0. The molecule has 72 valence electrons. The molecular formula is C9H9N3O2. The van der Waals surface area contributed by atoms with E-state index in [9.17, 15) is 0 Å². The van der Waals surface area contributed by atoms with Gasteiger partial charge in [-0.15, -0.1) is 0 Å². The van der Waals surface area contributed by atoms with Crippen molar-refractivity contribution < 1.29 is 9.15 Å². The van der Waals surface area contributed by atoms with E-state index in [1.807, 2.05) is 6.92 Å². The standard InChI is InChI=1S/C9H9N3O2/c1-6-3-12-9(14-6)7-4-11-8(13-2)5-10-7/h3-5H,1-2H3. The third-order valence-corrected chi connectivity index (χ3v) is 1.68. The molecule has 0 radical (unpaired) electrons. The molecule has 2 aromatic rings. The summed E-state index contributed by atoms with van der Waals surface area (Å²) in [5, 5.41) is 0. The van der Waals surface area contributed by atoms with E-state index in [0.717, 1.165) is 5.76 Å². The Morgan fingerprint density at radius 3 is 2.50 bits per heavy atom. The fraction of sp³-hybridized carbons (Fsp3) is 0.222. The Morgan fingerprint density at radius 1 is 1.14 bits per heavy atom. The van der Waals surface area contributed by atoms with Crippen LogP contribution in [-0.2, 0) is 0 Å². The minimum absolute atomic E-state index is 0.469. The highest BCUT2D eigenvalue weighted by Crippen LogP contribution is 2.16. The number of aromatic nitrogens is 3. The first-order chi connectivity index (χ1) is 6.79. The van der Waals surface area contributed by atoms with E-state index in [1.54, 1.807) is 19.5 Å². The SMILES string of the molecule is COc1cnc(-c2ncc(C)o2)cn1. The first kappa shape index (κ1) is 8.68. The van der Waals surface area contributed by atoms with E-state index in [0.29, 0.717) is 17.5 Å². The van der Waals surface area contributed by atoms with Crippen molar-refractivity contribution in [2.45, 2.75) is 6.92 Å². The maximum absolute atomic E-state index is 5.29. The van der Waals surface area contributed by atoms with Crippen molar-refractivity contribution in [2.75, 3.05) is 7.11 Å². The Bertz CT molecular complexity index is 422. The summed E-state index contributed by atoms with van der Waals surface area (Å²) in [6.45, 7) is 1.83. The molecule has 5 heteroatoms. The van der Waals surface area contributed by atoms with Gasteiger partial charge in [0.1, 0.15) is 11.5 Å². The summed E-state index contributed by atoms with van der Waals surface area (Å²) in [5.41, 5.74) is 0.596. The van der Waals surface area contributed by atoms with Gasteiger partial charge in [0.25, 0.3) is 0 Å². The van der Waals surface area contributed by atoms with Crippen molar-refractivity contribution in [1.29, 1.82) is 0 Å². The third kappa shape index (κ3) is 1.56. The van der Waals surface area contributed by atoms with E-state index in [2.05, 4.69) is 15.0 Å². The third-order valence-electron chi connectivity index (χ3n) is 1.68. The van der Waals surface area contributed by atoms with Crippen molar-refractivity contribution >= 4 is 0 Å². The maximum atomic E-state index is 5.29. The molecule has 0 saturated heterocycles. The van der Waals surface area contributed by atoms with E-state index in [4.69, 9.17) is 9.15 Å². The van der Waals surface area contributed by atoms with Crippen molar-refractivity contribution in [1.82, 2.24) is 15.0 Å². The molecule has 0 aliphatic carbocycles. The minimum Gasteiger partial charge on any atom is -0.480 e. The van der Waals surface area contributed by atoms with Crippen molar-refractivity contribution in [3.8, 4) is 17.5 Å². The van der Waals surface area contributed by atoms with Gasteiger partial charge in [0, 0.05) is 0 Å². The molecule has 0 aliphatic heterocycles. The molecule has 14 heavy (non-hydrogen) atoms. The molecule has 0 fully saturated rings. The lowest BCUT2D eigenvalue weighted by Gasteiger charge is -1.97. The molecule has 0 N–H and O–H groups in total. The summed E-state index contributed by atoms with van der Waals surface area (Å²) in [5.74, 6) is 1.69. The van der Waals surface area contributed by atoms with E-state index < -0.39 is 0 Å². The van der Waals surface area contributed by atoms with Gasteiger partial charge in [0.15, 0.2) is 0 Å². The summed E-state index contributed by atoms with van der Waals surface area (Å²) < 4.78 is 10.2. The van der Waals surface area contributed by atoms with Gasteiger partial charge in [-0.25, -0.2) is 15.0 Å². The fourth-order valence-corrected chi connectivity index (χ4v) is 1.01. The fourth-order valence-electron chi connectivity index (χ4n) is 1.01. The first-order valence-electron chi connectivity index (χ1n) is 4.08. The molecule has 0 aromatic carbocycles. The Hall–Kier alpha value is -1.91. The second-order valence-corrected chi connectivity index (χ2v) is 2.72. The summed E-state index contributed by atoms with van der Waals surface area (Å²) in [6.07, 6.45) is 4.72. The van der Waals surface area contributed by atoms with Crippen LogP contribution in [0, 0.1) is 6.92 Å². The monoisotopic (exact) mass is 191 g/mol. The molecule has 0 bridgehead atoms. The van der Waals surface area contributed by atoms with Crippen LogP contribution < -0.4 is 4.74 Å². The molecular weight excluding hydrogens is 182 g/mol. The van der Waals surface area contributed by atoms with Crippen LogP contribution in [0.15, 0.2) is 23.0 Å². The zero-order valence-corrected chi connectivity index (χ0v) is 7.89. The van der Waals surface area contributed by atoms with Gasteiger partial charge in [0.2, 0.25) is 11.8 Å². The number of aryl methyl sites for hydroxylation is 1. The Kier molecular flexibility index (Phi) is 2.14. The van der Waals surface area contributed by atoms with E-state index >= 15 is 0 Å². The normalized spacial score (nSPS) is 10.1. The predicted octanol–water partition coefficient (Wildman–Crippen LogP) is 1.45. The Balaban J connectivity index is 2.33. The molecule has 0 spiro atoms. The predicted molar refractivity (Wildman–Crippen MR) is 48.8 cm³/mol. The van der Waals surface area contributed by atoms with E-state index in [1.165, 1.54) is 6.20 Å². The number of hydrogen-bond donors (Lipinski definition) is 0. The van der Waals surface area contributed by atoms with Crippen molar-refractivity contribution in [3.63, 3.8) is 0 Å². The largest absolute Gasteiger partial charge is 0.480 e. The molecule has 0 unspecified atom stereocenters. The lowest BCUT2D eigenvalue weighted by atomic mass is 10.4. The quantitative estimate of drug-likeness (QED) is 0.718. The average molecular weight is 191 g/mol. The smallest absolute Gasteiger partial charge is 0.246 e. The maximum Gasteiger partial charge on any atom is 0.246 e. The highest BCUT2D eigenvalue weighted by atomic mass is 16.5. The summed E-state index contributed by atoms with van der Waals surface area (Å²) in [4.78, 5) is 12.1. The van der Waals surface area contributed by atoms with Gasteiger partial charge in [0.05, 0.1) is 25.7 Å². The van der Waals surface area contributed by atoms with Gasteiger partial charge >= 0.3 is 0 Å². The van der Waals surface area contributed by atoms with Crippen LogP contribution in [0.5, 0.6) is 5.88 Å². The van der Waals surface area contributed by atoms with Crippen LogP contribution in [0.25, 0.3) is 11.6 Å². The number of rotatable bonds is 2. The molecule has 2 heterocycles. The van der Waals surface area contributed by atoms with E-state index in [-0.39, 0.29) is 0 Å². The van der Waals surface area contributed by atoms with Gasteiger partial charge in [-0.05, 0) is 6.92 Å². The second-order valence-electron chi connectivity index (χ2n) is 2.72. The topological polar surface area (TPSA) is 61.0 Å². The highest BCUT2D eigenvalue weighted by Gasteiger charge is 2.06. The lowest BCUT2D eigenvalue weighted by molar-refractivity contribution is 0.395. The van der Waals surface area contributed by atoms with Crippen LogP contribution in [-0.4, -0.2) is 22.1 Å². The van der Waals surface area contributed by atoms with Crippen LogP contribution in [0.3, 0.4) is 0 Å². The number of oxazole rings is 1. The highest BCUT2D eigenvalue weighted by molar-refractivity contribution is 5.44. The molecule has 2 aromatic heterocycles. The average Bonchev–Trinajstić information content (AvgIpc) is 2.65. The number of hydrogen-bond acceptors (Lipinski definition) is 5. The lowest BCUT2D eigenvalue weighted by Crippen LogP contribution is -1.90. The van der Waals surface area contributed by atoms with Crippen molar-refractivity contribution in [2.24, 2.45) is 0 Å². The summed E-state index contributed by atoms with van der Waals surface area (Å²) in [7, 11) is 1.54. The zero-order valence-electron chi connectivity index (χ0n) is 7.89. The molecule has 0 amide bonds. The Labute approximate surface area is 80.8 Å².